The number of pyridine rings is 1. The number of ether oxygens (including phenoxy) is 1. The Hall–Kier alpha value is -1.74. The van der Waals surface area contributed by atoms with Gasteiger partial charge in [-0.1, -0.05) is 11.8 Å². The van der Waals surface area contributed by atoms with Crippen LogP contribution in [0.3, 0.4) is 0 Å². The number of nitrogens with zero attached hydrogens (tertiary/aromatic N) is 1. The molecule has 0 bridgehead atoms. The van der Waals surface area contributed by atoms with E-state index in [4.69, 9.17) is 0 Å². The molecule has 0 saturated carbocycles. The number of halogens is 3. The van der Waals surface area contributed by atoms with Crippen molar-refractivity contribution in [2.45, 2.75) is 12.6 Å². The second-order valence-corrected chi connectivity index (χ2v) is 3.44. The van der Waals surface area contributed by atoms with Gasteiger partial charge in [0.1, 0.15) is 0 Å². The average molecular weight is 258 g/mol. The zero-order chi connectivity index (χ0) is 13.4. The molecule has 0 atom stereocenters. The van der Waals surface area contributed by atoms with E-state index in [-0.39, 0.29) is 5.88 Å². The largest absolute Gasteiger partial charge is 0.468 e. The molecule has 0 spiro atoms. The molecule has 1 rings (SSSR count). The molecule has 1 heterocycles. The van der Waals surface area contributed by atoms with Crippen molar-refractivity contribution in [3.63, 3.8) is 0 Å². The van der Waals surface area contributed by atoms with Crippen LogP contribution in [0.1, 0.15) is 12.0 Å². The molecule has 6 heteroatoms. The van der Waals surface area contributed by atoms with E-state index >= 15 is 0 Å². The van der Waals surface area contributed by atoms with Gasteiger partial charge >= 0.3 is 6.18 Å². The fourth-order valence-corrected chi connectivity index (χ4v) is 1.05. The van der Waals surface area contributed by atoms with Crippen LogP contribution in [0.4, 0.5) is 13.2 Å². The van der Waals surface area contributed by atoms with Crippen LogP contribution in [0.25, 0.3) is 0 Å². The summed E-state index contributed by atoms with van der Waals surface area (Å²) in [5.74, 6) is 5.69. The molecule has 0 saturated heterocycles. The quantitative estimate of drug-likeness (QED) is 0.662. The Morgan fingerprint density at radius 1 is 1.39 bits per heavy atom. The summed E-state index contributed by atoms with van der Waals surface area (Å²) in [6.45, 7) is -0.555. The highest BCUT2D eigenvalue weighted by atomic mass is 19.4. The standard InChI is InChI=1S/C12H13F3N2O/c1-16-7-3-2-4-10-5-6-11(17-8-10)18-9-12(13,14)15/h5-6,8,16H,3,7,9H2,1H3. The van der Waals surface area contributed by atoms with Gasteiger partial charge in [0, 0.05) is 30.8 Å². The van der Waals surface area contributed by atoms with Crippen LogP contribution in [0.15, 0.2) is 18.3 Å². The van der Waals surface area contributed by atoms with Crippen molar-refractivity contribution >= 4 is 0 Å². The zero-order valence-electron chi connectivity index (χ0n) is 9.84. The predicted octanol–water partition coefficient (Wildman–Crippen LogP) is 1.98. The van der Waals surface area contributed by atoms with E-state index in [1.807, 2.05) is 7.05 Å². The van der Waals surface area contributed by atoms with E-state index in [0.717, 1.165) is 6.54 Å². The molecular formula is C12H13F3N2O. The van der Waals surface area contributed by atoms with E-state index in [1.165, 1.54) is 12.3 Å². The van der Waals surface area contributed by atoms with Gasteiger partial charge in [0.15, 0.2) is 6.61 Å². The third kappa shape index (κ3) is 6.11. The lowest BCUT2D eigenvalue weighted by molar-refractivity contribution is -0.154. The summed E-state index contributed by atoms with van der Waals surface area (Å²) in [5.41, 5.74) is 0.644. The summed E-state index contributed by atoms with van der Waals surface area (Å²) in [6, 6.07) is 2.94. The minimum atomic E-state index is -4.35. The number of rotatable bonds is 4. The maximum Gasteiger partial charge on any atom is 0.422 e. The van der Waals surface area contributed by atoms with Crippen molar-refractivity contribution in [1.29, 1.82) is 0 Å². The first-order chi connectivity index (χ1) is 8.51. The van der Waals surface area contributed by atoms with Crippen molar-refractivity contribution in [2.24, 2.45) is 0 Å². The molecule has 3 nitrogen and oxygen atoms in total. The third-order valence-corrected chi connectivity index (χ3v) is 1.85. The molecule has 0 aromatic carbocycles. The van der Waals surface area contributed by atoms with Crippen molar-refractivity contribution in [3.05, 3.63) is 23.9 Å². The van der Waals surface area contributed by atoms with Crippen molar-refractivity contribution in [3.8, 4) is 17.7 Å². The van der Waals surface area contributed by atoms with Crippen molar-refractivity contribution in [2.75, 3.05) is 20.2 Å². The highest BCUT2D eigenvalue weighted by Gasteiger charge is 2.28. The van der Waals surface area contributed by atoms with Gasteiger partial charge < -0.3 is 10.1 Å². The Morgan fingerprint density at radius 2 is 2.17 bits per heavy atom. The minimum absolute atomic E-state index is 0.0619. The highest BCUT2D eigenvalue weighted by Crippen LogP contribution is 2.16. The molecule has 1 aromatic rings. The van der Waals surface area contributed by atoms with Crippen LogP contribution in [0.2, 0.25) is 0 Å². The maximum absolute atomic E-state index is 11.9. The summed E-state index contributed by atoms with van der Waals surface area (Å²) in [7, 11) is 1.83. The molecule has 0 unspecified atom stereocenters. The van der Waals surface area contributed by atoms with Crippen molar-refractivity contribution in [1.82, 2.24) is 10.3 Å². The molecule has 0 aliphatic rings. The lowest BCUT2D eigenvalue weighted by Gasteiger charge is -2.07. The maximum atomic E-state index is 11.9. The van der Waals surface area contributed by atoms with E-state index in [2.05, 4.69) is 26.9 Å². The molecule has 0 aliphatic heterocycles. The van der Waals surface area contributed by atoms with Gasteiger partial charge in [0.05, 0.1) is 0 Å². The summed E-state index contributed by atoms with van der Waals surface area (Å²) < 4.78 is 40.1. The first kappa shape index (κ1) is 14.3. The second kappa shape index (κ2) is 6.87. The summed E-state index contributed by atoms with van der Waals surface area (Å²) in [5, 5.41) is 2.95. The highest BCUT2D eigenvalue weighted by molar-refractivity contribution is 5.33. The molecule has 18 heavy (non-hydrogen) atoms. The Kier molecular flexibility index (Phi) is 5.46. The van der Waals surface area contributed by atoms with Crippen LogP contribution in [0, 0.1) is 11.8 Å². The van der Waals surface area contributed by atoms with Gasteiger partial charge in [-0.25, -0.2) is 4.98 Å². The van der Waals surface area contributed by atoms with Gasteiger partial charge in [0.2, 0.25) is 5.88 Å². The normalized spacial score (nSPS) is 10.7. The Balaban J connectivity index is 2.49. The molecule has 1 N–H and O–H groups in total. The Morgan fingerprint density at radius 3 is 2.72 bits per heavy atom. The Bertz CT molecular complexity index is 418. The molecule has 0 fully saturated rings. The lowest BCUT2D eigenvalue weighted by Crippen LogP contribution is -2.19. The summed E-state index contributed by atoms with van der Waals surface area (Å²) >= 11 is 0. The molecule has 0 radical (unpaired) electrons. The van der Waals surface area contributed by atoms with Crippen LogP contribution >= 0.6 is 0 Å². The first-order valence-corrected chi connectivity index (χ1v) is 5.30. The smallest absolute Gasteiger partial charge is 0.422 e. The fraction of sp³-hybridized carbons (Fsp3) is 0.417. The third-order valence-electron chi connectivity index (χ3n) is 1.85. The van der Waals surface area contributed by atoms with Crippen LogP contribution in [-0.2, 0) is 0 Å². The Labute approximate surface area is 103 Å². The predicted molar refractivity (Wildman–Crippen MR) is 61.2 cm³/mol. The monoisotopic (exact) mass is 258 g/mol. The summed E-state index contributed by atoms with van der Waals surface area (Å²) in [6.07, 6.45) is -2.27. The van der Waals surface area contributed by atoms with Gasteiger partial charge in [0.25, 0.3) is 0 Å². The second-order valence-electron chi connectivity index (χ2n) is 3.44. The molecule has 0 aliphatic carbocycles. The van der Waals surface area contributed by atoms with Crippen molar-refractivity contribution < 1.29 is 17.9 Å². The van der Waals surface area contributed by atoms with Gasteiger partial charge in [-0.3, -0.25) is 0 Å². The first-order valence-electron chi connectivity index (χ1n) is 5.30. The average Bonchev–Trinajstić information content (AvgIpc) is 2.33. The topological polar surface area (TPSA) is 34.1 Å². The molecular weight excluding hydrogens is 245 g/mol. The number of aromatic nitrogens is 1. The van der Waals surface area contributed by atoms with Crippen LogP contribution in [0.5, 0.6) is 5.88 Å². The van der Waals surface area contributed by atoms with E-state index in [1.54, 1.807) is 6.07 Å². The molecule has 98 valence electrons. The number of hydrogen-bond acceptors (Lipinski definition) is 3. The van der Waals surface area contributed by atoms with Crippen LogP contribution < -0.4 is 10.1 Å². The number of nitrogens with one attached hydrogen (secondary N) is 1. The number of alkyl halides is 3. The van der Waals surface area contributed by atoms with Gasteiger partial charge in [-0.05, 0) is 13.1 Å². The molecule has 0 amide bonds. The minimum Gasteiger partial charge on any atom is -0.468 e. The van der Waals surface area contributed by atoms with E-state index < -0.39 is 12.8 Å². The van der Waals surface area contributed by atoms with Gasteiger partial charge in [-0.2, -0.15) is 13.2 Å². The SMILES string of the molecule is CNCCC#Cc1ccc(OCC(F)(F)F)nc1. The number of hydrogen-bond donors (Lipinski definition) is 1. The molecule has 1 aromatic heterocycles. The summed E-state index contributed by atoms with van der Waals surface area (Å²) in [4.78, 5) is 3.74. The fourth-order valence-electron chi connectivity index (χ4n) is 1.05. The van der Waals surface area contributed by atoms with E-state index in [9.17, 15) is 13.2 Å². The van der Waals surface area contributed by atoms with E-state index in [0.29, 0.717) is 12.0 Å². The zero-order valence-corrected chi connectivity index (χ0v) is 9.84. The van der Waals surface area contributed by atoms with Gasteiger partial charge in [-0.15, -0.1) is 0 Å². The van der Waals surface area contributed by atoms with Crippen LogP contribution in [-0.4, -0.2) is 31.4 Å². The lowest BCUT2D eigenvalue weighted by atomic mass is 10.3.